The highest BCUT2D eigenvalue weighted by atomic mass is 35.5. The molecule has 0 spiro atoms. The Morgan fingerprint density at radius 3 is 2.13 bits per heavy atom. The number of aromatic nitrogens is 3. The van der Waals surface area contributed by atoms with E-state index in [1.807, 2.05) is 0 Å². The van der Waals surface area contributed by atoms with Crippen LogP contribution in [0.15, 0.2) is 18.2 Å². The molecule has 118 valence electrons. The number of hydrogen-bond acceptors (Lipinski definition) is 3. The number of carbonyl (C=O) groups is 1. The van der Waals surface area contributed by atoms with Crippen molar-refractivity contribution in [3.63, 3.8) is 0 Å². The van der Waals surface area contributed by atoms with Crippen LogP contribution in [0, 0.1) is 29.1 Å². The maximum absolute atomic E-state index is 13.7. The molecule has 1 heterocycles. The molecule has 0 radical (unpaired) electrons. The number of fused-ring (bicyclic) bond motifs is 1. The van der Waals surface area contributed by atoms with Gasteiger partial charge in [-0.05, 0) is 18.2 Å². The Morgan fingerprint density at radius 2 is 1.52 bits per heavy atom. The van der Waals surface area contributed by atoms with Gasteiger partial charge in [0.25, 0.3) is 5.91 Å². The van der Waals surface area contributed by atoms with Gasteiger partial charge in [-0.3, -0.25) is 4.79 Å². The highest BCUT2D eigenvalue weighted by molar-refractivity contribution is 6.31. The van der Waals surface area contributed by atoms with Crippen LogP contribution in [-0.4, -0.2) is 20.9 Å². The lowest BCUT2D eigenvalue weighted by atomic mass is 10.1. The van der Waals surface area contributed by atoms with E-state index >= 15 is 0 Å². The van der Waals surface area contributed by atoms with Gasteiger partial charge in [0, 0.05) is 5.02 Å². The third kappa shape index (κ3) is 2.24. The van der Waals surface area contributed by atoms with Crippen LogP contribution in [-0.2, 0) is 0 Å². The number of carbonyl (C=O) groups excluding carboxylic acids is 1. The monoisotopic (exact) mass is 347 g/mol. The highest BCUT2D eigenvalue weighted by Crippen LogP contribution is 2.25. The van der Waals surface area contributed by atoms with Crippen LogP contribution in [0.25, 0.3) is 11.0 Å². The van der Waals surface area contributed by atoms with Crippen molar-refractivity contribution in [3.8, 4) is 0 Å². The normalized spacial score (nSPS) is 11.2. The molecule has 0 N–H and O–H groups in total. The van der Waals surface area contributed by atoms with E-state index in [1.165, 1.54) is 18.2 Å². The second kappa shape index (κ2) is 5.27. The molecular formula is C13H3ClF5N3O. The van der Waals surface area contributed by atoms with Gasteiger partial charge in [0.2, 0.25) is 5.82 Å². The molecule has 0 fully saturated rings. The van der Waals surface area contributed by atoms with Crippen LogP contribution in [0.4, 0.5) is 22.0 Å². The van der Waals surface area contributed by atoms with Gasteiger partial charge in [-0.25, -0.2) is 22.0 Å². The summed E-state index contributed by atoms with van der Waals surface area (Å²) in [7, 11) is 0. The average molecular weight is 348 g/mol. The summed E-state index contributed by atoms with van der Waals surface area (Å²) in [6, 6.07) is 4.00. The summed E-state index contributed by atoms with van der Waals surface area (Å²) in [6.45, 7) is 0. The molecule has 0 saturated heterocycles. The molecule has 0 atom stereocenters. The van der Waals surface area contributed by atoms with Gasteiger partial charge in [-0.15, -0.1) is 5.10 Å². The molecule has 0 saturated carbocycles. The molecule has 0 amide bonds. The first-order valence-electron chi connectivity index (χ1n) is 5.90. The van der Waals surface area contributed by atoms with Crippen molar-refractivity contribution in [1.29, 1.82) is 0 Å². The van der Waals surface area contributed by atoms with Crippen molar-refractivity contribution in [1.82, 2.24) is 15.0 Å². The number of rotatable bonds is 1. The first kappa shape index (κ1) is 15.3. The van der Waals surface area contributed by atoms with E-state index in [9.17, 15) is 26.7 Å². The molecule has 0 aliphatic rings. The highest BCUT2D eigenvalue weighted by Gasteiger charge is 2.31. The van der Waals surface area contributed by atoms with Crippen LogP contribution in [0.5, 0.6) is 0 Å². The van der Waals surface area contributed by atoms with Gasteiger partial charge in [0.15, 0.2) is 23.3 Å². The number of nitrogens with zero attached hydrogens (tertiary/aromatic N) is 3. The summed E-state index contributed by atoms with van der Waals surface area (Å²) in [5.74, 6) is -12.9. The van der Waals surface area contributed by atoms with Crippen molar-refractivity contribution in [3.05, 3.63) is 57.9 Å². The minimum absolute atomic E-state index is 0.0496. The van der Waals surface area contributed by atoms with E-state index in [4.69, 9.17) is 11.6 Å². The van der Waals surface area contributed by atoms with Crippen LogP contribution in [0.2, 0.25) is 5.02 Å². The van der Waals surface area contributed by atoms with Crippen LogP contribution < -0.4 is 0 Å². The quantitative estimate of drug-likeness (QED) is 0.385. The first-order valence-corrected chi connectivity index (χ1v) is 6.27. The Hall–Kier alpha value is -2.55. The van der Waals surface area contributed by atoms with Gasteiger partial charge in [-0.1, -0.05) is 16.8 Å². The summed E-state index contributed by atoms with van der Waals surface area (Å²) in [6.07, 6.45) is 0. The third-order valence-corrected chi connectivity index (χ3v) is 3.26. The van der Waals surface area contributed by atoms with Crippen molar-refractivity contribution in [2.75, 3.05) is 0 Å². The Bertz CT molecular complexity index is 943. The lowest BCUT2D eigenvalue weighted by molar-refractivity contribution is 0.0936. The third-order valence-electron chi connectivity index (χ3n) is 3.02. The van der Waals surface area contributed by atoms with Crippen molar-refractivity contribution >= 4 is 28.5 Å². The molecule has 1 aromatic heterocycles. The van der Waals surface area contributed by atoms with E-state index in [2.05, 4.69) is 10.3 Å². The molecule has 0 unspecified atom stereocenters. The van der Waals surface area contributed by atoms with E-state index in [-0.39, 0.29) is 16.1 Å². The Balaban J connectivity index is 2.27. The molecule has 0 aliphatic heterocycles. The average Bonchev–Trinajstić information content (AvgIpc) is 2.94. The zero-order valence-corrected chi connectivity index (χ0v) is 11.5. The molecule has 23 heavy (non-hydrogen) atoms. The fourth-order valence-electron chi connectivity index (χ4n) is 1.94. The summed E-state index contributed by atoms with van der Waals surface area (Å²) < 4.78 is 67.2. The van der Waals surface area contributed by atoms with Crippen molar-refractivity contribution < 1.29 is 26.7 Å². The molecule has 3 aromatic rings. The van der Waals surface area contributed by atoms with Crippen LogP contribution in [0.1, 0.15) is 10.4 Å². The summed E-state index contributed by atoms with van der Waals surface area (Å²) >= 11 is 5.73. The van der Waals surface area contributed by atoms with E-state index < -0.39 is 40.6 Å². The Labute approximate surface area is 129 Å². The van der Waals surface area contributed by atoms with E-state index in [0.29, 0.717) is 4.68 Å². The molecule has 10 heteroatoms. The van der Waals surface area contributed by atoms with Gasteiger partial charge in [0.1, 0.15) is 11.1 Å². The zero-order chi connectivity index (χ0) is 16.9. The SMILES string of the molecule is O=C(c1c(F)c(F)c(F)c(F)c1F)n1nnc2ccc(Cl)cc21. The second-order valence-corrected chi connectivity index (χ2v) is 4.82. The lowest BCUT2D eigenvalue weighted by Gasteiger charge is -2.07. The molecule has 0 bridgehead atoms. The molecule has 3 rings (SSSR count). The predicted molar refractivity (Wildman–Crippen MR) is 68.5 cm³/mol. The van der Waals surface area contributed by atoms with Gasteiger partial charge in [-0.2, -0.15) is 4.68 Å². The van der Waals surface area contributed by atoms with E-state index in [1.54, 1.807) is 0 Å². The summed E-state index contributed by atoms with van der Waals surface area (Å²) in [4.78, 5) is 12.2. The summed E-state index contributed by atoms with van der Waals surface area (Å²) in [5.41, 5.74) is -1.54. The first-order chi connectivity index (χ1) is 10.8. The molecule has 2 aromatic carbocycles. The molecule has 4 nitrogen and oxygen atoms in total. The minimum Gasteiger partial charge on any atom is -0.266 e. The zero-order valence-electron chi connectivity index (χ0n) is 10.7. The van der Waals surface area contributed by atoms with Crippen molar-refractivity contribution in [2.24, 2.45) is 0 Å². The smallest absolute Gasteiger partial charge is 0.266 e. The topological polar surface area (TPSA) is 47.8 Å². The fraction of sp³-hybridized carbons (Fsp3) is 0. The Kier molecular flexibility index (Phi) is 3.52. The van der Waals surface area contributed by atoms with Gasteiger partial charge < -0.3 is 0 Å². The maximum atomic E-state index is 13.7. The molecule has 0 aliphatic carbocycles. The van der Waals surface area contributed by atoms with Crippen LogP contribution in [0.3, 0.4) is 0 Å². The predicted octanol–water partition coefficient (Wildman–Crippen LogP) is 3.47. The summed E-state index contributed by atoms with van der Waals surface area (Å²) in [5, 5.41) is 7.08. The number of benzene rings is 2. The van der Waals surface area contributed by atoms with Crippen LogP contribution >= 0.6 is 11.6 Å². The lowest BCUT2D eigenvalue weighted by Crippen LogP contribution is -2.20. The van der Waals surface area contributed by atoms with Gasteiger partial charge >= 0.3 is 0 Å². The minimum atomic E-state index is -2.36. The van der Waals surface area contributed by atoms with Gasteiger partial charge in [0.05, 0.1) is 5.52 Å². The molecular weight excluding hydrogens is 345 g/mol. The fourth-order valence-corrected chi connectivity index (χ4v) is 2.11. The maximum Gasteiger partial charge on any atom is 0.286 e. The number of hydrogen-bond donors (Lipinski definition) is 0. The Morgan fingerprint density at radius 1 is 0.957 bits per heavy atom. The van der Waals surface area contributed by atoms with Crippen molar-refractivity contribution in [2.45, 2.75) is 0 Å². The van der Waals surface area contributed by atoms with E-state index in [0.717, 1.165) is 0 Å². The largest absolute Gasteiger partial charge is 0.286 e. The number of halogens is 6. The second-order valence-electron chi connectivity index (χ2n) is 4.38. The standard InChI is InChI=1S/C13H3ClF5N3O/c14-4-1-2-5-6(3-4)22(21-20-5)13(23)7-8(15)10(17)12(19)11(18)9(7)16/h1-3H.